The normalized spacial score (nSPS) is 11.9. The van der Waals surface area contributed by atoms with Gasteiger partial charge in [-0.25, -0.2) is 4.79 Å². The summed E-state index contributed by atoms with van der Waals surface area (Å²) in [5, 5.41) is 19.4. The van der Waals surface area contributed by atoms with Gasteiger partial charge >= 0.3 is 11.7 Å². The second-order valence-electron chi connectivity index (χ2n) is 3.09. The van der Waals surface area contributed by atoms with Crippen LogP contribution in [0.4, 0.5) is 5.69 Å². The maximum Gasteiger partial charge on any atom is 0.344 e. The molecule has 17 heavy (non-hydrogen) atoms. The Labute approximate surface area is 109 Å². The molecule has 0 fully saturated rings. The van der Waals surface area contributed by atoms with Gasteiger partial charge in [0.1, 0.15) is 0 Å². The van der Waals surface area contributed by atoms with Gasteiger partial charge in [0.15, 0.2) is 6.10 Å². The zero-order valence-corrected chi connectivity index (χ0v) is 10.9. The van der Waals surface area contributed by atoms with Gasteiger partial charge in [-0.15, -0.1) is 0 Å². The minimum atomic E-state index is -1.24. The van der Waals surface area contributed by atoms with Crippen LogP contribution in [0, 0.1) is 10.1 Å². The Morgan fingerprint density at radius 3 is 2.71 bits per heavy atom. The van der Waals surface area contributed by atoms with Crippen LogP contribution in [0.1, 0.15) is 6.92 Å². The number of halogens is 2. The third-order valence-corrected chi connectivity index (χ3v) is 2.57. The monoisotopic (exact) mass is 323 g/mol. The lowest BCUT2D eigenvalue weighted by atomic mass is 10.3. The number of carbonyl (C=O) groups is 1. The predicted molar refractivity (Wildman–Crippen MR) is 63.5 cm³/mol. The molecule has 1 aromatic rings. The van der Waals surface area contributed by atoms with Crippen molar-refractivity contribution in [1.82, 2.24) is 0 Å². The minimum Gasteiger partial charge on any atom is -0.479 e. The summed E-state index contributed by atoms with van der Waals surface area (Å²) in [6.07, 6.45) is -1.23. The molecule has 0 bridgehead atoms. The van der Waals surface area contributed by atoms with Gasteiger partial charge in [0.2, 0.25) is 5.75 Å². The maximum atomic E-state index is 10.8. The first-order valence-electron chi connectivity index (χ1n) is 4.36. The lowest BCUT2D eigenvalue weighted by molar-refractivity contribution is -0.386. The van der Waals surface area contributed by atoms with Crippen molar-refractivity contribution >= 4 is 39.2 Å². The van der Waals surface area contributed by atoms with Crippen LogP contribution in [0.15, 0.2) is 16.6 Å². The molecule has 8 heteroatoms. The maximum absolute atomic E-state index is 10.8. The van der Waals surface area contributed by atoms with Gasteiger partial charge in [-0.2, -0.15) is 0 Å². The summed E-state index contributed by atoms with van der Waals surface area (Å²) in [4.78, 5) is 20.7. The minimum absolute atomic E-state index is 0.0285. The molecular weight excluding hydrogens is 317 g/mol. The number of rotatable bonds is 4. The molecule has 1 aromatic carbocycles. The zero-order chi connectivity index (χ0) is 13.2. The summed E-state index contributed by atoms with van der Waals surface area (Å²) >= 11 is 8.82. The molecule has 0 saturated heterocycles. The predicted octanol–water partition coefficient (Wildman–Crippen LogP) is 2.86. The molecule has 0 amide bonds. The van der Waals surface area contributed by atoms with Crippen LogP contribution < -0.4 is 4.74 Å². The van der Waals surface area contributed by atoms with E-state index in [4.69, 9.17) is 21.4 Å². The Kier molecular flexibility index (Phi) is 4.30. The number of hydrogen-bond donors (Lipinski definition) is 1. The standard InChI is InChI=1S/C9H7BrClNO5/c1-4(9(13)14)17-8-6(11)2-5(10)3-7(8)12(15)16/h2-4H,1H3,(H,13,14)/t4-/m1/s1. The van der Waals surface area contributed by atoms with Crippen molar-refractivity contribution in [3.05, 3.63) is 31.7 Å². The van der Waals surface area contributed by atoms with Gasteiger partial charge in [0.05, 0.1) is 9.95 Å². The summed E-state index contributed by atoms with van der Waals surface area (Å²) in [6, 6.07) is 2.58. The summed E-state index contributed by atoms with van der Waals surface area (Å²) < 4.78 is 5.37. The van der Waals surface area contributed by atoms with Crippen LogP contribution in [0.25, 0.3) is 0 Å². The number of hydrogen-bond acceptors (Lipinski definition) is 4. The van der Waals surface area contributed by atoms with Crippen LogP contribution in [0.2, 0.25) is 5.02 Å². The highest BCUT2D eigenvalue weighted by Gasteiger charge is 2.24. The van der Waals surface area contributed by atoms with Crippen molar-refractivity contribution in [3.8, 4) is 5.75 Å². The third kappa shape index (κ3) is 3.31. The first-order chi connectivity index (χ1) is 7.82. The van der Waals surface area contributed by atoms with Gasteiger partial charge < -0.3 is 9.84 Å². The number of nitrogens with zero attached hydrogens (tertiary/aromatic N) is 1. The average Bonchev–Trinajstić information content (AvgIpc) is 2.20. The van der Waals surface area contributed by atoms with Crippen LogP contribution >= 0.6 is 27.5 Å². The van der Waals surface area contributed by atoms with Gasteiger partial charge in [-0.05, 0) is 13.0 Å². The second kappa shape index (κ2) is 5.33. The van der Waals surface area contributed by atoms with E-state index in [-0.39, 0.29) is 10.8 Å². The summed E-state index contributed by atoms with van der Waals surface area (Å²) in [7, 11) is 0. The number of benzene rings is 1. The van der Waals surface area contributed by atoms with E-state index >= 15 is 0 Å². The molecule has 0 spiro atoms. The Bertz CT molecular complexity index is 479. The van der Waals surface area contributed by atoms with Crippen molar-refractivity contribution in [2.45, 2.75) is 13.0 Å². The summed E-state index contributed by atoms with van der Waals surface area (Å²) in [5.74, 6) is -1.49. The topological polar surface area (TPSA) is 89.7 Å². The molecule has 0 aliphatic heterocycles. The Balaban J connectivity index is 3.21. The number of aliphatic carboxylic acids is 1. The summed E-state index contributed by atoms with van der Waals surface area (Å²) in [6.45, 7) is 1.25. The van der Waals surface area contributed by atoms with Crippen LogP contribution in [-0.2, 0) is 4.79 Å². The number of nitro benzene ring substituents is 1. The van der Waals surface area contributed by atoms with Crippen LogP contribution in [0.5, 0.6) is 5.75 Å². The Hall–Kier alpha value is -1.34. The first-order valence-corrected chi connectivity index (χ1v) is 5.53. The van der Waals surface area contributed by atoms with E-state index < -0.39 is 22.7 Å². The molecular formula is C9H7BrClNO5. The van der Waals surface area contributed by atoms with Gasteiger partial charge in [0.25, 0.3) is 0 Å². The molecule has 0 aromatic heterocycles. The highest BCUT2D eigenvalue weighted by molar-refractivity contribution is 9.10. The SMILES string of the molecule is C[C@@H](Oc1c(Cl)cc(Br)cc1[N+](=O)[O-])C(=O)O. The lowest BCUT2D eigenvalue weighted by Gasteiger charge is -2.12. The smallest absolute Gasteiger partial charge is 0.344 e. The molecule has 0 unspecified atom stereocenters. The molecule has 0 radical (unpaired) electrons. The van der Waals surface area contributed by atoms with Crippen LogP contribution in [-0.4, -0.2) is 22.1 Å². The van der Waals surface area contributed by atoms with E-state index in [2.05, 4.69) is 15.9 Å². The Morgan fingerprint density at radius 1 is 1.65 bits per heavy atom. The van der Waals surface area contributed by atoms with E-state index in [1.807, 2.05) is 0 Å². The van der Waals surface area contributed by atoms with E-state index in [0.717, 1.165) is 0 Å². The third-order valence-electron chi connectivity index (χ3n) is 1.83. The number of nitro groups is 1. The quantitative estimate of drug-likeness (QED) is 0.679. The van der Waals surface area contributed by atoms with Crippen molar-refractivity contribution in [1.29, 1.82) is 0 Å². The fourth-order valence-corrected chi connectivity index (χ4v) is 1.86. The van der Waals surface area contributed by atoms with Gasteiger partial charge in [-0.1, -0.05) is 27.5 Å². The molecule has 0 aliphatic rings. The van der Waals surface area contributed by atoms with Gasteiger partial charge in [0, 0.05) is 10.5 Å². The molecule has 1 atom stereocenters. The van der Waals surface area contributed by atoms with Crippen molar-refractivity contribution in [2.24, 2.45) is 0 Å². The van der Waals surface area contributed by atoms with E-state index in [1.54, 1.807) is 0 Å². The molecule has 6 nitrogen and oxygen atoms in total. The van der Waals surface area contributed by atoms with E-state index in [1.165, 1.54) is 19.1 Å². The molecule has 1 N–H and O–H groups in total. The van der Waals surface area contributed by atoms with Crippen LogP contribution in [0.3, 0.4) is 0 Å². The lowest BCUT2D eigenvalue weighted by Crippen LogP contribution is -2.23. The number of carboxylic acids is 1. The molecule has 0 aliphatic carbocycles. The van der Waals surface area contributed by atoms with Crippen molar-refractivity contribution in [3.63, 3.8) is 0 Å². The van der Waals surface area contributed by atoms with E-state index in [0.29, 0.717) is 4.47 Å². The highest BCUT2D eigenvalue weighted by Crippen LogP contribution is 2.38. The highest BCUT2D eigenvalue weighted by atomic mass is 79.9. The fourth-order valence-electron chi connectivity index (χ4n) is 1.03. The summed E-state index contributed by atoms with van der Waals surface area (Å²) in [5.41, 5.74) is -0.391. The zero-order valence-electron chi connectivity index (χ0n) is 8.52. The van der Waals surface area contributed by atoms with Crippen molar-refractivity contribution < 1.29 is 19.6 Å². The van der Waals surface area contributed by atoms with E-state index in [9.17, 15) is 14.9 Å². The Morgan fingerprint density at radius 2 is 2.24 bits per heavy atom. The molecule has 92 valence electrons. The first kappa shape index (κ1) is 13.7. The molecule has 1 rings (SSSR count). The second-order valence-corrected chi connectivity index (χ2v) is 4.41. The molecule has 0 saturated carbocycles. The van der Waals surface area contributed by atoms with Crippen molar-refractivity contribution in [2.75, 3.05) is 0 Å². The number of carboxylic acid groups (broad SMARTS) is 1. The number of ether oxygens (including phenoxy) is 1. The molecule has 0 heterocycles. The average molecular weight is 325 g/mol. The van der Waals surface area contributed by atoms with Gasteiger partial charge in [-0.3, -0.25) is 10.1 Å². The largest absolute Gasteiger partial charge is 0.479 e. The fraction of sp³-hybridized carbons (Fsp3) is 0.222.